The summed E-state index contributed by atoms with van der Waals surface area (Å²) >= 11 is 0. The SMILES string of the molecule is FC(F)(F)c1ccc(-n2c3ccccc3c3c4c(c5ccccc5n4-c4ccc(-c5nc(-c6ccccc6)nc(-c6ccccc6)n5)cc4)c4c(c5ccccc5n4-c4ccc(C(F)(F)F)cc4)c32)cc1. The molecule has 0 saturated carbocycles. The molecule has 6 nitrogen and oxygen atoms in total. The Kier molecular flexibility index (Phi) is 9.34. The number of fused-ring (bicyclic) bond motifs is 12. The first-order valence-corrected chi connectivity index (χ1v) is 22.8. The lowest BCUT2D eigenvalue weighted by Gasteiger charge is -2.15. The molecule has 0 N–H and O–H groups in total. The molecule has 0 saturated heterocycles. The zero-order chi connectivity index (χ0) is 48.2. The Morgan fingerprint density at radius 3 is 0.859 bits per heavy atom. The molecule has 4 aromatic heterocycles. The maximum Gasteiger partial charge on any atom is 0.416 e. The highest BCUT2D eigenvalue weighted by molar-refractivity contribution is 6.40. The molecule has 0 bridgehead atoms. The van der Waals surface area contributed by atoms with Gasteiger partial charge in [-0.3, -0.25) is 0 Å². The molecule has 0 atom stereocenters. The van der Waals surface area contributed by atoms with Crippen molar-refractivity contribution in [3.05, 3.63) is 217 Å². The summed E-state index contributed by atoms with van der Waals surface area (Å²) in [6.07, 6.45) is -9.11. The van der Waals surface area contributed by atoms with Crippen molar-refractivity contribution in [1.82, 2.24) is 28.7 Å². The maximum absolute atomic E-state index is 14.1. The molecule has 13 rings (SSSR count). The fourth-order valence-electron chi connectivity index (χ4n) is 10.2. The minimum Gasteiger partial charge on any atom is -0.308 e. The lowest BCUT2D eigenvalue weighted by molar-refractivity contribution is -0.138. The molecular formula is C59H34F6N6. The third-order valence-electron chi connectivity index (χ3n) is 13.3. The molecule has 4 heterocycles. The first-order valence-electron chi connectivity index (χ1n) is 22.8. The number of benzene rings is 9. The smallest absolute Gasteiger partial charge is 0.308 e. The topological polar surface area (TPSA) is 53.5 Å². The molecule has 71 heavy (non-hydrogen) atoms. The quantitative estimate of drug-likeness (QED) is 0.156. The summed E-state index contributed by atoms with van der Waals surface area (Å²) in [6, 6.07) is 61.4. The van der Waals surface area contributed by atoms with Crippen LogP contribution < -0.4 is 0 Å². The first kappa shape index (κ1) is 42.1. The van der Waals surface area contributed by atoms with Crippen molar-refractivity contribution >= 4 is 65.4 Å². The Bertz CT molecular complexity index is 4060. The summed E-state index contributed by atoms with van der Waals surface area (Å²) in [7, 11) is 0. The molecule has 0 aliphatic heterocycles. The second kappa shape index (κ2) is 15.8. The largest absolute Gasteiger partial charge is 0.416 e. The van der Waals surface area contributed by atoms with E-state index < -0.39 is 23.5 Å². The summed E-state index contributed by atoms with van der Waals surface area (Å²) < 4.78 is 90.8. The number of para-hydroxylation sites is 3. The van der Waals surface area contributed by atoms with E-state index in [1.807, 2.05) is 161 Å². The number of nitrogens with zero attached hydrogens (tertiary/aromatic N) is 6. The summed E-state index contributed by atoms with van der Waals surface area (Å²) in [6.45, 7) is 0. The van der Waals surface area contributed by atoms with Gasteiger partial charge in [0.15, 0.2) is 17.5 Å². The average molecular weight is 941 g/mol. The molecule has 9 aromatic carbocycles. The fraction of sp³-hybridized carbons (Fsp3) is 0.0339. The molecule has 0 aliphatic rings. The van der Waals surface area contributed by atoms with Crippen LogP contribution in [0.15, 0.2) is 206 Å². The van der Waals surface area contributed by atoms with Crippen LogP contribution in [0.1, 0.15) is 11.1 Å². The molecule has 13 aromatic rings. The molecule has 0 radical (unpaired) electrons. The van der Waals surface area contributed by atoms with Gasteiger partial charge in [-0.1, -0.05) is 115 Å². The Morgan fingerprint density at radius 1 is 0.282 bits per heavy atom. The van der Waals surface area contributed by atoms with Crippen molar-refractivity contribution in [2.45, 2.75) is 12.4 Å². The van der Waals surface area contributed by atoms with Gasteiger partial charge < -0.3 is 13.7 Å². The Labute approximate surface area is 400 Å². The number of alkyl halides is 6. The van der Waals surface area contributed by atoms with Gasteiger partial charge in [0.2, 0.25) is 0 Å². The number of aromatic nitrogens is 6. The minimum atomic E-state index is -4.55. The van der Waals surface area contributed by atoms with Crippen molar-refractivity contribution < 1.29 is 26.3 Å². The first-order chi connectivity index (χ1) is 34.5. The summed E-state index contributed by atoms with van der Waals surface area (Å²) in [5.41, 5.74) is 7.30. The van der Waals surface area contributed by atoms with Crippen LogP contribution >= 0.6 is 0 Å². The summed E-state index contributed by atoms with van der Waals surface area (Å²) in [5.74, 6) is 1.54. The van der Waals surface area contributed by atoms with Gasteiger partial charge in [-0.2, -0.15) is 26.3 Å². The van der Waals surface area contributed by atoms with Crippen molar-refractivity contribution in [1.29, 1.82) is 0 Å². The highest BCUT2D eigenvalue weighted by atomic mass is 19.4. The van der Waals surface area contributed by atoms with Gasteiger partial charge in [0.1, 0.15) is 0 Å². The van der Waals surface area contributed by atoms with Crippen molar-refractivity contribution in [3.63, 3.8) is 0 Å². The van der Waals surface area contributed by atoms with E-state index in [2.05, 4.69) is 10.6 Å². The predicted octanol–water partition coefficient (Wildman–Crippen LogP) is 16.2. The van der Waals surface area contributed by atoms with E-state index in [0.717, 1.165) is 112 Å². The third kappa shape index (κ3) is 6.69. The zero-order valence-electron chi connectivity index (χ0n) is 37.1. The standard InChI is InChI=1S/C59H34F6N6/c60-58(61,62)38-25-31-41(32-26-38)70-47-21-11-8-18-44(47)50-52-49(53-51(54(50)70)45-19-9-12-22-48(45)71(53)42-33-27-39(28-34-42)59(63,64)65)43-17-7-10-20-46(43)69(52)40-29-23-37(24-30-40)57-67-55(35-13-3-1-4-14-35)66-56(68-57)36-15-5-2-6-16-36/h1-34H. The molecule has 0 fully saturated rings. The second-order valence-electron chi connectivity index (χ2n) is 17.4. The lowest BCUT2D eigenvalue weighted by atomic mass is 10.0. The van der Waals surface area contributed by atoms with Gasteiger partial charge in [-0.25, -0.2) is 15.0 Å². The highest BCUT2D eigenvalue weighted by Crippen LogP contribution is 2.50. The van der Waals surface area contributed by atoms with Gasteiger partial charge >= 0.3 is 12.4 Å². The molecule has 0 unspecified atom stereocenters. The van der Waals surface area contributed by atoms with E-state index >= 15 is 0 Å². The van der Waals surface area contributed by atoms with Crippen LogP contribution in [-0.4, -0.2) is 28.7 Å². The van der Waals surface area contributed by atoms with E-state index in [0.29, 0.717) is 28.8 Å². The highest BCUT2D eigenvalue weighted by Gasteiger charge is 2.33. The Hall–Kier alpha value is -9.03. The van der Waals surface area contributed by atoms with Gasteiger partial charge in [0.25, 0.3) is 0 Å². The molecule has 0 amide bonds. The summed E-state index contributed by atoms with van der Waals surface area (Å²) in [5, 5.41) is 5.03. The van der Waals surface area contributed by atoms with Crippen LogP contribution in [0.2, 0.25) is 0 Å². The fourth-order valence-corrected chi connectivity index (χ4v) is 10.2. The maximum atomic E-state index is 14.1. The molecule has 0 spiro atoms. The zero-order valence-corrected chi connectivity index (χ0v) is 37.1. The Balaban J connectivity index is 1.15. The van der Waals surface area contributed by atoms with Crippen LogP contribution in [0.3, 0.4) is 0 Å². The Morgan fingerprint density at radius 2 is 0.549 bits per heavy atom. The number of halogens is 6. The second-order valence-corrected chi connectivity index (χ2v) is 17.4. The van der Waals surface area contributed by atoms with Gasteiger partial charge in [-0.05, 0) is 91.0 Å². The molecular weight excluding hydrogens is 907 g/mol. The molecule has 12 heteroatoms. The van der Waals surface area contributed by atoms with Gasteiger partial charge in [-0.15, -0.1) is 0 Å². The van der Waals surface area contributed by atoms with E-state index in [9.17, 15) is 26.3 Å². The predicted molar refractivity (Wildman–Crippen MR) is 269 cm³/mol. The monoisotopic (exact) mass is 940 g/mol. The van der Waals surface area contributed by atoms with Crippen LogP contribution in [0.4, 0.5) is 26.3 Å². The van der Waals surface area contributed by atoms with E-state index in [1.54, 1.807) is 0 Å². The van der Waals surface area contributed by atoms with Crippen molar-refractivity contribution in [2.24, 2.45) is 0 Å². The van der Waals surface area contributed by atoms with E-state index in [-0.39, 0.29) is 0 Å². The third-order valence-corrected chi connectivity index (χ3v) is 13.3. The normalized spacial score (nSPS) is 12.4. The van der Waals surface area contributed by atoms with Crippen LogP contribution in [0, 0.1) is 0 Å². The van der Waals surface area contributed by atoms with Crippen LogP contribution in [0.5, 0.6) is 0 Å². The number of hydrogen-bond donors (Lipinski definition) is 0. The van der Waals surface area contributed by atoms with Gasteiger partial charge in [0.05, 0.1) is 44.2 Å². The number of hydrogen-bond acceptors (Lipinski definition) is 3. The van der Waals surface area contributed by atoms with E-state index in [1.165, 1.54) is 24.3 Å². The van der Waals surface area contributed by atoms with Gasteiger partial charge in [0, 0.05) is 66.1 Å². The minimum absolute atomic E-state index is 0.483. The van der Waals surface area contributed by atoms with Crippen LogP contribution in [0.25, 0.3) is 117 Å². The lowest BCUT2D eigenvalue weighted by Crippen LogP contribution is -2.05. The number of rotatable bonds is 6. The summed E-state index contributed by atoms with van der Waals surface area (Å²) in [4.78, 5) is 14.8. The average Bonchev–Trinajstić information content (AvgIpc) is 4.05. The van der Waals surface area contributed by atoms with Crippen molar-refractivity contribution in [3.8, 4) is 51.2 Å². The molecule has 0 aliphatic carbocycles. The van der Waals surface area contributed by atoms with Crippen LogP contribution in [-0.2, 0) is 12.4 Å². The van der Waals surface area contributed by atoms with Crippen molar-refractivity contribution in [2.75, 3.05) is 0 Å². The molecule has 342 valence electrons. The van der Waals surface area contributed by atoms with E-state index in [4.69, 9.17) is 15.0 Å².